The van der Waals surface area contributed by atoms with Crippen LogP contribution in [-0.2, 0) is 9.47 Å². The van der Waals surface area contributed by atoms with Gasteiger partial charge in [0.15, 0.2) is 0 Å². The Morgan fingerprint density at radius 1 is 1.00 bits per heavy atom. The average molecular weight is 216 g/mol. The summed E-state index contributed by atoms with van der Waals surface area (Å²) in [6, 6.07) is 0. The third-order valence-electron chi connectivity index (χ3n) is 2.05. The van der Waals surface area contributed by atoms with Crippen molar-refractivity contribution in [2.75, 3.05) is 26.6 Å². The molecule has 0 saturated heterocycles. The second-order valence-electron chi connectivity index (χ2n) is 3.47. The van der Waals surface area contributed by atoms with Crippen LogP contribution < -0.4 is 0 Å². The highest BCUT2D eigenvalue weighted by Crippen LogP contribution is 2.02. The van der Waals surface area contributed by atoms with E-state index in [-0.39, 0.29) is 6.61 Å². The zero-order valence-corrected chi connectivity index (χ0v) is 9.78. The summed E-state index contributed by atoms with van der Waals surface area (Å²) in [5.41, 5.74) is 0. The first-order valence-electron chi connectivity index (χ1n) is 5.83. The molecular weight excluding hydrogens is 192 g/mol. The highest BCUT2D eigenvalue weighted by atomic mass is 16.7. The molecule has 0 atom stereocenters. The molecule has 0 radical (unpaired) electrons. The van der Waals surface area contributed by atoms with Crippen molar-refractivity contribution in [2.24, 2.45) is 0 Å². The molecule has 0 aliphatic rings. The van der Waals surface area contributed by atoms with Crippen LogP contribution in [0.3, 0.4) is 0 Å². The van der Waals surface area contributed by atoms with Crippen molar-refractivity contribution < 1.29 is 14.6 Å². The molecule has 0 bridgehead atoms. The summed E-state index contributed by atoms with van der Waals surface area (Å²) in [5.74, 6) is 0. The smallest absolute Gasteiger partial charge is 0.147 e. The Hall–Kier alpha value is -0.380. The lowest BCUT2D eigenvalue weighted by Crippen LogP contribution is -2.01. The molecule has 0 aliphatic carbocycles. The summed E-state index contributed by atoms with van der Waals surface area (Å²) in [5, 5.41) is 8.44. The largest absolute Gasteiger partial charge is 0.392 e. The van der Waals surface area contributed by atoms with Gasteiger partial charge in [-0.15, -0.1) is 0 Å². The summed E-state index contributed by atoms with van der Waals surface area (Å²) in [7, 11) is 0. The van der Waals surface area contributed by atoms with E-state index in [0.717, 1.165) is 13.0 Å². The van der Waals surface area contributed by atoms with Crippen LogP contribution in [0.25, 0.3) is 0 Å². The van der Waals surface area contributed by atoms with Crippen molar-refractivity contribution in [3.05, 3.63) is 12.2 Å². The van der Waals surface area contributed by atoms with Gasteiger partial charge in [0, 0.05) is 6.61 Å². The van der Waals surface area contributed by atoms with Gasteiger partial charge < -0.3 is 14.6 Å². The Morgan fingerprint density at radius 3 is 2.53 bits per heavy atom. The molecule has 0 unspecified atom stereocenters. The molecule has 0 rings (SSSR count). The van der Waals surface area contributed by atoms with Crippen LogP contribution in [0.5, 0.6) is 0 Å². The summed E-state index contributed by atoms with van der Waals surface area (Å²) in [6.45, 7) is 3.93. The van der Waals surface area contributed by atoms with Crippen molar-refractivity contribution >= 4 is 0 Å². The lowest BCUT2D eigenvalue weighted by Gasteiger charge is -2.03. The molecule has 0 saturated carbocycles. The molecule has 0 aromatic heterocycles. The van der Waals surface area contributed by atoms with E-state index in [4.69, 9.17) is 14.6 Å². The Bertz CT molecular complexity index is 135. The Labute approximate surface area is 93.1 Å². The fraction of sp³-hybridized carbons (Fsp3) is 0.833. The minimum atomic E-state index is 0.0711. The van der Waals surface area contributed by atoms with Gasteiger partial charge in [-0.2, -0.15) is 0 Å². The van der Waals surface area contributed by atoms with Crippen LogP contribution in [-0.4, -0.2) is 31.7 Å². The predicted octanol–water partition coefficient (Wildman–Crippen LogP) is 2.50. The molecule has 1 N–H and O–H groups in total. The molecule has 0 aromatic rings. The quantitative estimate of drug-likeness (QED) is 0.327. The second kappa shape index (κ2) is 13.6. The van der Waals surface area contributed by atoms with E-state index in [2.05, 4.69) is 6.92 Å². The average Bonchev–Trinajstić information content (AvgIpc) is 2.26. The van der Waals surface area contributed by atoms with Crippen LogP contribution in [0.15, 0.2) is 12.2 Å². The number of aliphatic hydroxyl groups is 1. The van der Waals surface area contributed by atoms with E-state index >= 15 is 0 Å². The molecule has 0 aromatic carbocycles. The van der Waals surface area contributed by atoms with E-state index in [9.17, 15) is 0 Å². The Morgan fingerprint density at radius 2 is 1.80 bits per heavy atom. The van der Waals surface area contributed by atoms with Crippen molar-refractivity contribution in [3.8, 4) is 0 Å². The molecule has 15 heavy (non-hydrogen) atoms. The van der Waals surface area contributed by atoms with Gasteiger partial charge in [-0.25, -0.2) is 0 Å². The van der Waals surface area contributed by atoms with Gasteiger partial charge >= 0.3 is 0 Å². The maximum atomic E-state index is 8.44. The summed E-state index contributed by atoms with van der Waals surface area (Å²) < 4.78 is 10.4. The van der Waals surface area contributed by atoms with Gasteiger partial charge in [0.05, 0.1) is 13.2 Å². The van der Waals surface area contributed by atoms with E-state index in [1.807, 2.05) is 0 Å². The molecule has 0 spiro atoms. The molecule has 3 heteroatoms. The third-order valence-corrected chi connectivity index (χ3v) is 2.05. The van der Waals surface area contributed by atoms with Crippen molar-refractivity contribution in [1.29, 1.82) is 0 Å². The fourth-order valence-electron chi connectivity index (χ4n) is 1.18. The minimum Gasteiger partial charge on any atom is -0.392 e. The molecule has 0 heterocycles. The van der Waals surface area contributed by atoms with Gasteiger partial charge in [-0.05, 0) is 6.42 Å². The lowest BCUT2D eigenvalue weighted by atomic mass is 10.2. The third kappa shape index (κ3) is 13.6. The van der Waals surface area contributed by atoms with Crippen LogP contribution >= 0.6 is 0 Å². The second-order valence-corrected chi connectivity index (χ2v) is 3.47. The Balaban J connectivity index is 2.89. The Kier molecular flexibility index (Phi) is 13.3. The van der Waals surface area contributed by atoms with Crippen LogP contribution in [0, 0.1) is 0 Å². The minimum absolute atomic E-state index is 0.0711. The summed E-state index contributed by atoms with van der Waals surface area (Å²) >= 11 is 0. The van der Waals surface area contributed by atoms with E-state index < -0.39 is 0 Å². The van der Waals surface area contributed by atoms with Gasteiger partial charge in [-0.3, -0.25) is 0 Å². The first-order valence-corrected chi connectivity index (χ1v) is 5.83. The maximum Gasteiger partial charge on any atom is 0.147 e. The molecule has 0 aliphatic heterocycles. The fourth-order valence-corrected chi connectivity index (χ4v) is 1.18. The molecular formula is C12H24O3. The molecule has 3 nitrogen and oxygen atoms in total. The highest BCUT2D eigenvalue weighted by molar-refractivity contribution is 4.79. The number of rotatable bonds is 11. The maximum absolute atomic E-state index is 8.44. The van der Waals surface area contributed by atoms with Crippen molar-refractivity contribution in [2.45, 2.75) is 39.0 Å². The van der Waals surface area contributed by atoms with Crippen molar-refractivity contribution in [1.82, 2.24) is 0 Å². The summed E-state index contributed by atoms with van der Waals surface area (Å²) in [4.78, 5) is 0. The zero-order valence-electron chi connectivity index (χ0n) is 9.78. The van der Waals surface area contributed by atoms with Crippen LogP contribution in [0.1, 0.15) is 39.0 Å². The topological polar surface area (TPSA) is 38.7 Å². The van der Waals surface area contributed by atoms with E-state index in [1.54, 1.807) is 12.2 Å². The van der Waals surface area contributed by atoms with Gasteiger partial charge in [0.1, 0.15) is 6.79 Å². The monoisotopic (exact) mass is 216 g/mol. The normalized spacial score (nSPS) is 11.3. The molecule has 0 amide bonds. The standard InChI is InChI=1S/C12H24O3/c1-2-3-4-5-7-10-14-12-15-11-8-6-9-13/h6,8,13H,2-5,7,9-12H2,1H3/b8-6-. The lowest BCUT2D eigenvalue weighted by molar-refractivity contribution is -0.0449. The van der Waals surface area contributed by atoms with Crippen LogP contribution in [0.2, 0.25) is 0 Å². The van der Waals surface area contributed by atoms with Crippen molar-refractivity contribution in [3.63, 3.8) is 0 Å². The zero-order chi connectivity index (χ0) is 11.2. The number of unbranched alkanes of at least 4 members (excludes halogenated alkanes) is 4. The molecule has 0 fully saturated rings. The number of aliphatic hydroxyl groups excluding tert-OH is 1. The first kappa shape index (κ1) is 14.6. The molecule has 90 valence electrons. The first-order chi connectivity index (χ1) is 7.41. The summed E-state index contributed by atoms with van der Waals surface area (Å²) in [6.07, 6.45) is 9.72. The van der Waals surface area contributed by atoms with Gasteiger partial charge in [-0.1, -0.05) is 44.8 Å². The van der Waals surface area contributed by atoms with E-state index in [0.29, 0.717) is 13.4 Å². The number of hydrogen-bond acceptors (Lipinski definition) is 3. The van der Waals surface area contributed by atoms with Crippen LogP contribution in [0.4, 0.5) is 0 Å². The van der Waals surface area contributed by atoms with Gasteiger partial charge in [0.2, 0.25) is 0 Å². The SMILES string of the molecule is CCCCCCCOCOC/C=C\CO. The number of ether oxygens (including phenoxy) is 2. The van der Waals surface area contributed by atoms with Gasteiger partial charge in [0.25, 0.3) is 0 Å². The highest BCUT2D eigenvalue weighted by Gasteiger charge is 1.89. The predicted molar refractivity (Wildman–Crippen MR) is 61.8 cm³/mol. The number of hydrogen-bond donors (Lipinski definition) is 1. The van der Waals surface area contributed by atoms with E-state index in [1.165, 1.54) is 25.7 Å².